The molecule has 0 aromatic carbocycles. The Morgan fingerprint density at radius 2 is 2.23 bits per heavy atom. The summed E-state index contributed by atoms with van der Waals surface area (Å²) in [4.78, 5) is 7.06. The third-order valence-electron chi connectivity index (χ3n) is 3.88. The van der Waals surface area contributed by atoms with Crippen molar-refractivity contribution in [3.8, 4) is 0 Å². The topological polar surface area (TPSA) is 83.1 Å². The highest BCUT2D eigenvalue weighted by atomic mass is 35.5. The van der Waals surface area contributed by atoms with Crippen molar-refractivity contribution in [3.63, 3.8) is 0 Å². The van der Waals surface area contributed by atoms with Crippen molar-refractivity contribution in [2.45, 2.75) is 23.5 Å². The zero-order valence-corrected chi connectivity index (χ0v) is 14.3. The van der Waals surface area contributed by atoms with Crippen molar-refractivity contribution in [1.29, 1.82) is 0 Å². The van der Waals surface area contributed by atoms with Gasteiger partial charge in [-0.25, -0.2) is 13.4 Å². The Hall–Kier alpha value is -0.960. The molecule has 0 radical (unpaired) electrons. The van der Waals surface area contributed by atoms with Crippen LogP contribution in [0.3, 0.4) is 0 Å². The van der Waals surface area contributed by atoms with Gasteiger partial charge in [-0.3, -0.25) is 4.21 Å². The van der Waals surface area contributed by atoms with Crippen LogP contribution in [0.4, 0.5) is 0 Å². The van der Waals surface area contributed by atoms with E-state index in [1.54, 1.807) is 6.07 Å². The van der Waals surface area contributed by atoms with Crippen molar-refractivity contribution in [2.75, 3.05) is 18.8 Å². The molecule has 2 atom stereocenters. The highest BCUT2D eigenvalue weighted by Crippen LogP contribution is 2.30. The van der Waals surface area contributed by atoms with Crippen molar-refractivity contribution in [2.24, 2.45) is 0 Å². The van der Waals surface area contributed by atoms with Gasteiger partial charge in [0.1, 0.15) is 10.5 Å². The molecule has 0 spiro atoms. The molecule has 0 amide bonds. The molecule has 2 unspecified atom stereocenters. The number of nitrogens with one attached hydrogen (secondary N) is 1. The summed E-state index contributed by atoms with van der Waals surface area (Å²) in [5, 5.41) is 0.757. The van der Waals surface area contributed by atoms with Gasteiger partial charge >= 0.3 is 0 Å². The molecule has 0 bridgehead atoms. The molecule has 3 heterocycles. The number of aromatic nitrogens is 2. The summed E-state index contributed by atoms with van der Waals surface area (Å²) in [5.41, 5.74) is 0.442. The Labute approximate surface area is 136 Å². The Bertz CT molecular complexity index is 834. The number of nitrogens with zero attached hydrogens (tertiary/aromatic N) is 2. The molecule has 9 heteroatoms. The first kappa shape index (κ1) is 15.9. The van der Waals surface area contributed by atoms with E-state index in [2.05, 4.69) is 9.97 Å². The van der Waals surface area contributed by atoms with E-state index in [9.17, 15) is 12.6 Å². The maximum atomic E-state index is 12.9. The van der Waals surface area contributed by atoms with Crippen LogP contribution in [0.2, 0.25) is 5.02 Å². The number of aromatic amines is 1. The lowest BCUT2D eigenvalue weighted by atomic mass is 10.3. The number of pyridine rings is 1. The standard InChI is InChI=1S/C13H16ClN3O3S2/c1-9-3-5-17(6-7-21(9)18)22(19,20)11-8-16-13-12(11)10(14)2-4-15-13/h2,4,8-9H,3,5-7H2,1H3,(H,15,16). The molecule has 1 aliphatic rings. The molecule has 0 saturated carbocycles. The molecule has 1 saturated heterocycles. The average Bonchev–Trinajstić information content (AvgIpc) is 2.85. The average molecular weight is 362 g/mol. The molecule has 0 aliphatic carbocycles. The molecular formula is C13H16ClN3O3S2. The fourth-order valence-corrected chi connectivity index (χ4v) is 5.75. The van der Waals surface area contributed by atoms with Crippen LogP contribution >= 0.6 is 11.6 Å². The Kier molecular flexibility index (Phi) is 4.28. The van der Waals surface area contributed by atoms with Crippen LogP contribution in [0.15, 0.2) is 23.4 Å². The monoisotopic (exact) mass is 361 g/mol. The second kappa shape index (κ2) is 5.92. The predicted octanol–water partition coefficient (Wildman–Crippen LogP) is 1.75. The number of sulfonamides is 1. The third kappa shape index (κ3) is 2.68. The van der Waals surface area contributed by atoms with Gasteiger partial charge in [0.25, 0.3) is 0 Å². The van der Waals surface area contributed by atoms with Crippen LogP contribution in [0.25, 0.3) is 11.0 Å². The third-order valence-corrected chi connectivity index (χ3v) is 7.84. The van der Waals surface area contributed by atoms with Gasteiger partial charge in [0.2, 0.25) is 10.0 Å². The minimum atomic E-state index is -3.69. The molecule has 2 aromatic rings. The second-order valence-electron chi connectivity index (χ2n) is 5.26. The van der Waals surface area contributed by atoms with Gasteiger partial charge in [0.05, 0.1) is 10.4 Å². The lowest BCUT2D eigenvalue weighted by Crippen LogP contribution is -2.33. The van der Waals surface area contributed by atoms with E-state index >= 15 is 0 Å². The lowest BCUT2D eigenvalue weighted by Gasteiger charge is -2.19. The molecule has 1 fully saturated rings. The number of halogens is 1. The summed E-state index contributed by atoms with van der Waals surface area (Å²) in [6, 6.07) is 1.57. The van der Waals surface area contributed by atoms with Gasteiger partial charge in [-0.15, -0.1) is 0 Å². The van der Waals surface area contributed by atoms with Crippen molar-refractivity contribution in [3.05, 3.63) is 23.5 Å². The maximum absolute atomic E-state index is 12.9. The van der Waals surface area contributed by atoms with Crippen molar-refractivity contribution < 1.29 is 12.6 Å². The molecular weight excluding hydrogens is 346 g/mol. The smallest absolute Gasteiger partial charge is 0.245 e. The second-order valence-corrected chi connectivity index (χ2v) is 9.55. The SMILES string of the molecule is CC1CCN(S(=O)(=O)c2c[nH]c3nccc(Cl)c23)CCS1=O. The molecule has 2 aromatic heterocycles. The first-order chi connectivity index (χ1) is 10.4. The summed E-state index contributed by atoms with van der Waals surface area (Å²) in [7, 11) is -4.68. The lowest BCUT2D eigenvalue weighted by molar-refractivity contribution is 0.429. The Morgan fingerprint density at radius 1 is 1.45 bits per heavy atom. The quantitative estimate of drug-likeness (QED) is 0.883. The number of rotatable bonds is 2. The summed E-state index contributed by atoms with van der Waals surface area (Å²) < 4.78 is 39.1. The summed E-state index contributed by atoms with van der Waals surface area (Å²) in [6.45, 7) is 2.50. The van der Waals surface area contributed by atoms with Crippen LogP contribution in [-0.2, 0) is 20.8 Å². The maximum Gasteiger partial charge on any atom is 0.245 e. The summed E-state index contributed by atoms with van der Waals surface area (Å²) in [6.07, 6.45) is 3.53. The fraction of sp³-hybridized carbons (Fsp3) is 0.462. The number of hydrogen-bond acceptors (Lipinski definition) is 4. The Balaban J connectivity index is 2.03. The summed E-state index contributed by atoms with van der Waals surface area (Å²) in [5.74, 6) is 0.356. The molecule has 120 valence electrons. The van der Waals surface area contributed by atoms with E-state index in [4.69, 9.17) is 11.6 Å². The van der Waals surface area contributed by atoms with Crippen LogP contribution in [0.1, 0.15) is 13.3 Å². The number of hydrogen-bond donors (Lipinski definition) is 1. The van der Waals surface area contributed by atoms with E-state index in [-0.39, 0.29) is 16.7 Å². The minimum Gasteiger partial charge on any atom is -0.345 e. The van der Waals surface area contributed by atoms with Crippen LogP contribution in [-0.4, -0.2) is 51.0 Å². The fourth-order valence-electron chi connectivity index (χ4n) is 2.53. The van der Waals surface area contributed by atoms with Crippen LogP contribution < -0.4 is 0 Å². The zero-order valence-electron chi connectivity index (χ0n) is 12.0. The normalized spacial score (nSPS) is 24.5. The van der Waals surface area contributed by atoms with Crippen LogP contribution in [0.5, 0.6) is 0 Å². The predicted molar refractivity (Wildman–Crippen MR) is 87.0 cm³/mol. The van der Waals surface area contributed by atoms with E-state index in [0.29, 0.717) is 34.8 Å². The van der Waals surface area contributed by atoms with E-state index in [0.717, 1.165) is 0 Å². The molecule has 3 rings (SSSR count). The first-order valence-corrected chi connectivity index (χ1v) is 10.1. The van der Waals surface area contributed by atoms with Crippen molar-refractivity contribution in [1.82, 2.24) is 14.3 Å². The number of fused-ring (bicyclic) bond motifs is 1. The van der Waals surface area contributed by atoms with Gasteiger partial charge in [0, 0.05) is 47.3 Å². The van der Waals surface area contributed by atoms with Gasteiger partial charge in [-0.1, -0.05) is 18.5 Å². The van der Waals surface area contributed by atoms with Crippen molar-refractivity contribution >= 4 is 43.5 Å². The zero-order chi connectivity index (χ0) is 15.9. The summed E-state index contributed by atoms with van der Waals surface area (Å²) >= 11 is 6.14. The molecule has 22 heavy (non-hydrogen) atoms. The van der Waals surface area contributed by atoms with Gasteiger partial charge in [0.15, 0.2) is 0 Å². The van der Waals surface area contributed by atoms with Crippen LogP contribution in [0, 0.1) is 0 Å². The van der Waals surface area contributed by atoms with Gasteiger partial charge < -0.3 is 4.98 Å². The minimum absolute atomic E-state index is 0.00780. The highest BCUT2D eigenvalue weighted by molar-refractivity contribution is 7.89. The number of H-pyrrole nitrogens is 1. The van der Waals surface area contributed by atoms with E-state index in [1.165, 1.54) is 16.7 Å². The van der Waals surface area contributed by atoms with E-state index < -0.39 is 20.8 Å². The molecule has 6 nitrogen and oxygen atoms in total. The largest absolute Gasteiger partial charge is 0.345 e. The molecule has 1 aliphatic heterocycles. The van der Waals surface area contributed by atoms with Gasteiger partial charge in [-0.2, -0.15) is 4.31 Å². The Morgan fingerprint density at radius 3 is 3.00 bits per heavy atom. The highest BCUT2D eigenvalue weighted by Gasteiger charge is 2.31. The first-order valence-electron chi connectivity index (χ1n) is 6.90. The molecule has 1 N–H and O–H groups in total. The van der Waals surface area contributed by atoms with Gasteiger partial charge in [-0.05, 0) is 12.5 Å². The van der Waals surface area contributed by atoms with E-state index in [1.807, 2.05) is 6.92 Å².